The van der Waals surface area contributed by atoms with Crippen LogP contribution in [0.15, 0.2) is 47.8 Å². The van der Waals surface area contributed by atoms with Gasteiger partial charge in [0.1, 0.15) is 0 Å². The van der Waals surface area contributed by atoms with E-state index in [4.69, 9.17) is 9.47 Å². The van der Waals surface area contributed by atoms with Gasteiger partial charge in [-0.3, -0.25) is 14.4 Å². The molecule has 5 nitrogen and oxygen atoms in total. The van der Waals surface area contributed by atoms with Crippen LogP contribution in [0.5, 0.6) is 0 Å². The Hall–Kier alpha value is -2.43. The molecule has 1 unspecified atom stereocenters. The third-order valence-corrected chi connectivity index (χ3v) is 6.37. The molecule has 0 aromatic rings. The van der Waals surface area contributed by atoms with Crippen LogP contribution in [-0.2, 0) is 23.9 Å². The number of ether oxygens (including phenoxy) is 2. The van der Waals surface area contributed by atoms with Gasteiger partial charge in [0.15, 0.2) is 0 Å². The summed E-state index contributed by atoms with van der Waals surface area (Å²) in [5.41, 5.74) is -0.783. The van der Waals surface area contributed by atoms with Crippen molar-refractivity contribution in [2.75, 3.05) is 0 Å². The second-order valence-electron chi connectivity index (χ2n) is 9.53. The number of hydrogen-bond acceptors (Lipinski definition) is 5. The Bertz CT molecular complexity index is 816. The fourth-order valence-corrected chi connectivity index (χ4v) is 4.18. The first-order valence-electron chi connectivity index (χ1n) is 13.1. The van der Waals surface area contributed by atoms with E-state index in [1.54, 1.807) is 0 Å². The quantitative estimate of drug-likeness (QED) is 0.113. The molecule has 0 fully saturated rings. The number of allylic oxidation sites excluding steroid dienone is 4. The van der Waals surface area contributed by atoms with Gasteiger partial charge in [-0.2, -0.15) is 0 Å². The molecule has 2 aliphatic rings. The molecular weight excluding hydrogens is 428 g/mol. The van der Waals surface area contributed by atoms with Crippen molar-refractivity contribution < 1.29 is 23.9 Å². The van der Waals surface area contributed by atoms with Crippen LogP contribution < -0.4 is 0 Å². The molecule has 0 radical (unpaired) electrons. The van der Waals surface area contributed by atoms with Crippen LogP contribution in [-0.4, -0.2) is 29.2 Å². The van der Waals surface area contributed by atoms with Crippen LogP contribution in [0, 0.1) is 0 Å². The molecule has 2 atom stereocenters. The Morgan fingerprint density at radius 3 is 2.38 bits per heavy atom. The maximum atomic E-state index is 12.9. The summed E-state index contributed by atoms with van der Waals surface area (Å²) in [4.78, 5) is 37.8. The molecule has 0 bridgehead atoms. The Balaban J connectivity index is 1.58. The molecule has 34 heavy (non-hydrogen) atoms. The van der Waals surface area contributed by atoms with Gasteiger partial charge in [0.05, 0.1) is 17.9 Å². The van der Waals surface area contributed by atoms with E-state index >= 15 is 0 Å². The highest BCUT2D eigenvalue weighted by Crippen LogP contribution is 2.34. The molecule has 0 spiro atoms. The Morgan fingerprint density at radius 2 is 1.68 bits per heavy atom. The van der Waals surface area contributed by atoms with E-state index in [1.807, 2.05) is 6.92 Å². The van der Waals surface area contributed by atoms with Gasteiger partial charge in [-0.05, 0) is 64.0 Å². The standard InChI is InChI=1S/C29H42O5/c1-4-5-6-7-8-9-10-11-12-13-14-15-16-17-18-19-27(31)34-29(3)26(30)21-24-20-23(2)33-22-25(24)28(29)32/h8-9,11-12,21-23H,4-7,10,13-20H2,1-3H3/b9-8-,12-11-/t23?,29-/m1/s1. The van der Waals surface area contributed by atoms with E-state index in [2.05, 4.69) is 31.2 Å². The first-order chi connectivity index (χ1) is 16.4. The largest absolute Gasteiger partial charge is 0.497 e. The highest BCUT2D eigenvalue weighted by molar-refractivity contribution is 6.26. The summed E-state index contributed by atoms with van der Waals surface area (Å²) in [7, 11) is 0. The molecule has 0 amide bonds. The van der Waals surface area contributed by atoms with Crippen molar-refractivity contribution in [3.63, 3.8) is 0 Å². The van der Waals surface area contributed by atoms with Crippen LogP contribution >= 0.6 is 0 Å². The number of Topliss-reactive ketones (excluding diaryl/α,β-unsaturated/α-hetero) is 1. The lowest BCUT2D eigenvalue weighted by molar-refractivity contribution is -0.169. The van der Waals surface area contributed by atoms with Gasteiger partial charge in [-0.15, -0.1) is 0 Å². The average molecular weight is 471 g/mol. The third kappa shape index (κ3) is 8.73. The first-order valence-corrected chi connectivity index (χ1v) is 13.1. The second kappa shape index (κ2) is 14.7. The smallest absolute Gasteiger partial charge is 0.307 e. The summed E-state index contributed by atoms with van der Waals surface area (Å²) in [5.74, 6) is -1.46. The minimum Gasteiger partial charge on any atom is -0.497 e. The molecule has 188 valence electrons. The SMILES string of the molecule is CCCCC/C=C\C/C=C\CCCCCCCC(=O)O[C@]1(C)C(=O)C=C2CC(C)OC=C2C1=O. The van der Waals surface area contributed by atoms with Crippen molar-refractivity contribution in [1.29, 1.82) is 0 Å². The zero-order valence-electron chi connectivity index (χ0n) is 21.3. The lowest BCUT2D eigenvalue weighted by Gasteiger charge is -2.33. The van der Waals surface area contributed by atoms with Gasteiger partial charge in [0.2, 0.25) is 17.2 Å². The van der Waals surface area contributed by atoms with Crippen LogP contribution in [0.4, 0.5) is 0 Å². The molecule has 2 rings (SSSR count). The predicted octanol–water partition coefficient (Wildman–Crippen LogP) is 6.87. The summed E-state index contributed by atoms with van der Waals surface area (Å²) in [6, 6.07) is 0. The molecule has 0 saturated heterocycles. The average Bonchev–Trinajstić information content (AvgIpc) is 2.80. The molecule has 0 aromatic heterocycles. The predicted molar refractivity (Wildman–Crippen MR) is 135 cm³/mol. The summed E-state index contributed by atoms with van der Waals surface area (Å²) < 4.78 is 10.8. The van der Waals surface area contributed by atoms with Gasteiger partial charge in [-0.25, -0.2) is 0 Å². The van der Waals surface area contributed by atoms with E-state index in [0.717, 1.165) is 38.5 Å². The normalized spacial score (nSPS) is 22.5. The zero-order chi connectivity index (χ0) is 24.8. The number of carbonyl (C=O) groups excluding carboxylic acids is 3. The summed E-state index contributed by atoms with van der Waals surface area (Å²) in [5, 5.41) is 0. The van der Waals surface area contributed by atoms with Crippen molar-refractivity contribution >= 4 is 17.5 Å². The third-order valence-electron chi connectivity index (χ3n) is 6.37. The fourth-order valence-electron chi connectivity index (χ4n) is 4.18. The lowest BCUT2D eigenvalue weighted by Crippen LogP contribution is -2.51. The number of fused-ring (bicyclic) bond motifs is 1. The Kier molecular flexibility index (Phi) is 12.1. The van der Waals surface area contributed by atoms with E-state index in [9.17, 15) is 14.4 Å². The number of unbranched alkanes of at least 4 members (excludes halogenated alkanes) is 8. The number of hydrogen-bond donors (Lipinski definition) is 0. The van der Waals surface area contributed by atoms with Crippen LogP contribution in [0.25, 0.3) is 0 Å². The number of esters is 1. The highest BCUT2D eigenvalue weighted by atomic mass is 16.6. The van der Waals surface area contributed by atoms with Crippen LogP contribution in [0.1, 0.15) is 104 Å². The molecular formula is C29H42O5. The van der Waals surface area contributed by atoms with Crippen molar-refractivity contribution in [2.45, 2.75) is 116 Å². The zero-order valence-corrected chi connectivity index (χ0v) is 21.3. The molecule has 1 aliphatic heterocycles. The second-order valence-corrected chi connectivity index (χ2v) is 9.53. The molecule has 1 heterocycles. The first kappa shape index (κ1) is 27.8. The van der Waals surface area contributed by atoms with Gasteiger partial charge in [0.25, 0.3) is 0 Å². The van der Waals surface area contributed by atoms with Gasteiger partial charge < -0.3 is 9.47 Å². The van der Waals surface area contributed by atoms with Crippen molar-refractivity contribution in [3.8, 4) is 0 Å². The Labute approximate surface area is 205 Å². The number of rotatable bonds is 15. The van der Waals surface area contributed by atoms with Crippen LogP contribution in [0.3, 0.4) is 0 Å². The fraction of sp³-hybridized carbons (Fsp3) is 0.621. The molecule has 1 aliphatic carbocycles. The van der Waals surface area contributed by atoms with Gasteiger partial charge in [-0.1, -0.05) is 63.3 Å². The lowest BCUT2D eigenvalue weighted by atomic mass is 9.79. The van der Waals surface area contributed by atoms with Crippen LogP contribution in [0.2, 0.25) is 0 Å². The van der Waals surface area contributed by atoms with E-state index in [1.165, 1.54) is 44.9 Å². The van der Waals surface area contributed by atoms with Crippen molar-refractivity contribution in [2.24, 2.45) is 0 Å². The van der Waals surface area contributed by atoms with Crippen molar-refractivity contribution in [1.82, 2.24) is 0 Å². The number of ketones is 2. The van der Waals surface area contributed by atoms with E-state index in [-0.39, 0.29) is 12.5 Å². The van der Waals surface area contributed by atoms with Gasteiger partial charge >= 0.3 is 5.97 Å². The summed E-state index contributed by atoms with van der Waals surface area (Å²) in [6.45, 7) is 5.49. The topological polar surface area (TPSA) is 69.7 Å². The molecule has 0 aromatic carbocycles. The highest BCUT2D eigenvalue weighted by Gasteiger charge is 2.49. The van der Waals surface area contributed by atoms with Crippen molar-refractivity contribution in [3.05, 3.63) is 47.8 Å². The monoisotopic (exact) mass is 470 g/mol. The molecule has 0 N–H and O–H groups in total. The summed E-state index contributed by atoms with van der Waals surface area (Å²) >= 11 is 0. The maximum Gasteiger partial charge on any atom is 0.307 e. The van der Waals surface area contributed by atoms with E-state index < -0.39 is 23.1 Å². The van der Waals surface area contributed by atoms with Gasteiger partial charge in [0, 0.05) is 12.8 Å². The van der Waals surface area contributed by atoms with E-state index in [0.29, 0.717) is 24.0 Å². The maximum absolute atomic E-state index is 12.9. The molecule has 0 saturated carbocycles. The minimum atomic E-state index is -1.78. The number of carbonyl (C=O) groups is 3. The summed E-state index contributed by atoms with van der Waals surface area (Å²) in [6.07, 6.45) is 24.6. The molecule has 5 heteroatoms. The Morgan fingerprint density at radius 1 is 1.03 bits per heavy atom. The minimum absolute atomic E-state index is 0.0826.